The predicted molar refractivity (Wildman–Crippen MR) is 256 cm³/mol. The van der Waals surface area contributed by atoms with Crippen LogP contribution in [0.3, 0.4) is 0 Å². The molecule has 0 N–H and O–H groups in total. The van der Waals surface area contributed by atoms with Gasteiger partial charge < -0.3 is 9.47 Å². The van der Waals surface area contributed by atoms with E-state index in [-0.39, 0.29) is 0 Å². The molecule has 288 valence electrons. The second-order valence-electron chi connectivity index (χ2n) is 16.1. The van der Waals surface area contributed by atoms with Gasteiger partial charge in [0.15, 0.2) is 0 Å². The summed E-state index contributed by atoms with van der Waals surface area (Å²) in [6.45, 7) is 8.83. The fourth-order valence-electron chi connectivity index (χ4n) is 9.00. The highest BCUT2D eigenvalue weighted by Gasteiger charge is 2.23. The molecule has 0 atom stereocenters. The lowest BCUT2D eigenvalue weighted by molar-refractivity contribution is 1.17. The lowest BCUT2D eigenvalue weighted by atomic mass is 9.89. The Morgan fingerprint density at radius 2 is 0.833 bits per heavy atom. The summed E-state index contributed by atoms with van der Waals surface area (Å²) in [5.74, 6) is 0. The van der Waals surface area contributed by atoms with Crippen LogP contribution in [0.4, 0.5) is 17.1 Å². The van der Waals surface area contributed by atoms with Gasteiger partial charge in [0, 0.05) is 39.0 Å². The van der Waals surface area contributed by atoms with Crippen molar-refractivity contribution in [2.45, 2.75) is 27.7 Å². The first-order valence-electron chi connectivity index (χ1n) is 20.8. The maximum atomic E-state index is 2.54. The minimum absolute atomic E-state index is 1.09. The number of nitrogens with zero attached hydrogens (tertiary/aromatic N) is 2. The first kappa shape index (κ1) is 36.9. The molecule has 0 aliphatic rings. The van der Waals surface area contributed by atoms with Gasteiger partial charge in [-0.25, -0.2) is 0 Å². The Labute approximate surface area is 353 Å². The van der Waals surface area contributed by atoms with Crippen LogP contribution in [0, 0.1) is 27.7 Å². The Kier molecular flexibility index (Phi) is 9.47. The molecular formula is C58H46N2. The summed E-state index contributed by atoms with van der Waals surface area (Å²) < 4.78 is 2.54. The van der Waals surface area contributed by atoms with E-state index in [2.05, 4.69) is 243 Å². The van der Waals surface area contributed by atoms with Crippen molar-refractivity contribution in [1.82, 2.24) is 4.57 Å². The summed E-state index contributed by atoms with van der Waals surface area (Å²) >= 11 is 0. The smallest absolute Gasteiger partial charge is 0.0621 e. The molecule has 0 saturated carbocycles. The molecule has 1 heterocycles. The number of hydrogen-bond donors (Lipinski definition) is 0. The summed E-state index contributed by atoms with van der Waals surface area (Å²) in [7, 11) is 0. The molecule has 0 bridgehead atoms. The third kappa shape index (κ3) is 6.67. The molecule has 10 aromatic rings. The maximum Gasteiger partial charge on any atom is 0.0621 e. The predicted octanol–water partition coefficient (Wildman–Crippen LogP) is 16.2. The average Bonchev–Trinajstić information content (AvgIpc) is 3.61. The van der Waals surface area contributed by atoms with Crippen molar-refractivity contribution < 1.29 is 0 Å². The molecule has 0 unspecified atom stereocenters. The minimum Gasteiger partial charge on any atom is -0.310 e. The molecule has 0 aliphatic carbocycles. The number of aromatic nitrogens is 1. The van der Waals surface area contributed by atoms with Crippen LogP contribution in [0.1, 0.15) is 22.3 Å². The topological polar surface area (TPSA) is 8.17 Å². The van der Waals surface area contributed by atoms with Crippen LogP contribution >= 0.6 is 0 Å². The molecule has 0 aliphatic heterocycles. The molecule has 0 saturated heterocycles. The molecule has 0 fully saturated rings. The lowest BCUT2D eigenvalue weighted by Crippen LogP contribution is -2.10. The third-order valence-corrected chi connectivity index (χ3v) is 12.0. The first-order chi connectivity index (χ1) is 29.4. The molecule has 10 rings (SSSR count). The Morgan fingerprint density at radius 3 is 1.45 bits per heavy atom. The van der Waals surface area contributed by atoms with Crippen LogP contribution in [-0.2, 0) is 0 Å². The highest BCUT2D eigenvalue weighted by atomic mass is 15.1. The van der Waals surface area contributed by atoms with Crippen molar-refractivity contribution in [3.05, 3.63) is 229 Å². The highest BCUT2D eigenvalue weighted by Crippen LogP contribution is 2.45. The van der Waals surface area contributed by atoms with Gasteiger partial charge in [-0.1, -0.05) is 175 Å². The van der Waals surface area contributed by atoms with E-state index in [1.165, 1.54) is 88.7 Å². The van der Waals surface area contributed by atoms with Crippen LogP contribution < -0.4 is 4.90 Å². The molecule has 0 radical (unpaired) electrons. The zero-order valence-electron chi connectivity index (χ0n) is 34.5. The molecule has 60 heavy (non-hydrogen) atoms. The van der Waals surface area contributed by atoms with Crippen molar-refractivity contribution in [1.29, 1.82) is 0 Å². The first-order valence-corrected chi connectivity index (χ1v) is 20.8. The molecule has 9 aromatic carbocycles. The second-order valence-corrected chi connectivity index (χ2v) is 16.1. The number of hydrogen-bond acceptors (Lipinski definition) is 1. The highest BCUT2D eigenvalue weighted by molar-refractivity contribution is 6.12. The summed E-state index contributed by atoms with van der Waals surface area (Å²) in [6.07, 6.45) is 0. The van der Waals surface area contributed by atoms with Crippen molar-refractivity contribution in [3.8, 4) is 50.2 Å². The maximum absolute atomic E-state index is 2.54. The van der Waals surface area contributed by atoms with Gasteiger partial charge in [-0.2, -0.15) is 0 Å². The fraction of sp³-hybridized carbons (Fsp3) is 0.0690. The van der Waals surface area contributed by atoms with E-state index in [1.807, 2.05) is 0 Å². The molecule has 0 spiro atoms. The van der Waals surface area contributed by atoms with Crippen molar-refractivity contribution in [2.24, 2.45) is 0 Å². The quantitative estimate of drug-likeness (QED) is 0.149. The van der Waals surface area contributed by atoms with E-state index in [0.717, 1.165) is 22.6 Å². The van der Waals surface area contributed by atoms with Gasteiger partial charge in [-0.05, 0) is 115 Å². The molecule has 0 amide bonds. The minimum atomic E-state index is 1.09. The van der Waals surface area contributed by atoms with Gasteiger partial charge >= 0.3 is 0 Å². The number of fused-ring (bicyclic) bond motifs is 3. The number of anilines is 3. The van der Waals surface area contributed by atoms with Crippen LogP contribution in [-0.4, -0.2) is 4.57 Å². The number of para-hydroxylation sites is 1. The number of benzene rings is 9. The van der Waals surface area contributed by atoms with Crippen LogP contribution in [0.5, 0.6) is 0 Å². The van der Waals surface area contributed by atoms with Gasteiger partial charge in [0.2, 0.25) is 0 Å². The SMILES string of the molecule is Cc1ccc(-c2c(C)ccc(-c3ccc(C)cc3C)c2-n2c3ccccc3c3ccc(N(c4ccc(-c5ccccc5)cc4)c4ccc(-c5ccccc5)cc4)cc32)cc1. The molecule has 2 nitrogen and oxygen atoms in total. The summed E-state index contributed by atoms with van der Waals surface area (Å²) in [5, 5.41) is 2.45. The zero-order chi connectivity index (χ0) is 40.7. The molecular weight excluding hydrogens is 725 g/mol. The molecule has 2 heteroatoms. The van der Waals surface area contributed by atoms with E-state index < -0.39 is 0 Å². The largest absolute Gasteiger partial charge is 0.310 e. The standard InChI is InChI=1S/C58H46N2/c1-39-19-23-47(24-20-39)57-41(3)22-35-54(51-34-21-40(2)37-42(51)4)58(57)60-55-18-12-11-17-52(55)53-36-33-50(38-56(53)60)59(48-29-25-45(26-30-48)43-13-7-5-8-14-43)49-31-27-46(28-32-49)44-15-9-6-10-16-44/h5-38H,1-4H3. The van der Waals surface area contributed by atoms with Gasteiger partial charge in [0.25, 0.3) is 0 Å². The number of rotatable bonds is 8. The van der Waals surface area contributed by atoms with E-state index in [9.17, 15) is 0 Å². The molecule has 1 aromatic heterocycles. The van der Waals surface area contributed by atoms with Gasteiger partial charge in [-0.3, -0.25) is 0 Å². The monoisotopic (exact) mass is 770 g/mol. The van der Waals surface area contributed by atoms with Crippen molar-refractivity contribution in [3.63, 3.8) is 0 Å². The Balaban J connectivity index is 1.24. The van der Waals surface area contributed by atoms with Crippen LogP contribution in [0.15, 0.2) is 206 Å². The van der Waals surface area contributed by atoms with Crippen LogP contribution in [0.25, 0.3) is 72.0 Å². The number of aryl methyl sites for hydroxylation is 4. The second kappa shape index (κ2) is 15.4. The van der Waals surface area contributed by atoms with Gasteiger partial charge in [-0.15, -0.1) is 0 Å². The van der Waals surface area contributed by atoms with E-state index in [0.29, 0.717) is 0 Å². The van der Waals surface area contributed by atoms with Gasteiger partial charge in [0.1, 0.15) is 0 Å². The Morgan fingerprint density at radius 1 is 0.333 bits per heavy atom. The summed E-state index contributed by atoms with van der Waals surface area (Å²) in [6, 6.07) is 75.6. The van der Waals surface area contributed by atoms with Crippen molar-refractivity contribution >= 4 is 38.9 Å². The van der Waals surface area contributed by atoms with Gasteiger partial charge in [0.05, 0.1) is 16.7 Å². The van der Waals surface area contributed by atoms with E-state index in [4.69, 9.17) is 0 Å². The summed E-state index contributed by atoms with van der Waals surface area (Å²) in [5.41, 5.74) is 21.5. The van der Waals surface area contributed by atoms with E-state index in [1.54, 1.807) is 0 Å². The summed E-state index contributed by atoms with van der Waals surface area (Å²) in [4.78, 5) is 2.40. The van der Waals surface area contributed by atoms with E-state index >= 15 is 0 Å². The van der Waals surface area contributed by atoms with Crippen LogP contribution in [0.2, 0.25) is 0 Å². The van der Waals surface area contributed by atoms with Crippen molar-refractivity contribution in [2.75, 3.05) is 4.90 Å². The third-order valence-electron chi connectivity index (χ3n) is 12.0. The fourth-order valence-corrected chi connectivity index (χ4v) is 9.00. The zero-order valence-corrected chi connectivity index (χ0v) is 34.5. The normalized spacial score (nSPS) is 11.3. The Bertz CT molecular complexity index is 3050. The average molecular weight is 771 g/mol. The lowest BCUT2D eigenvalue weighted by Gasteiger charge is -2.27. The Hall–Kier alpha value is -7.42.